The van der Waals surface area contributed by atoms with Crippen molar-refractivity contribution in [2.24, 2.45) is 0 Å². The van der Waals surface area contributed by atoms with E-state index in [1.54, 1.807) is 0 Å². The number of aliphatic hydroxyl groups excluding tert-OH is 1. The molecule has 0 saturated carbocycles. The van der Waals surface area contributed by atoms with E-state index in [1.807, 2.05) is 23.6 Å². The highest BCUT2D eigenvalue weighted by Crippen LogP contribution is 2.31. The van der Waals surface area contributed by atoms with Gasteiger partial charge in [0.05, 0.1) is 6.61 Å². The molecule has 1 fully saturated rings. The third kappa shape index (κ3) is 3.70. The lowest BCUT2D eigenvalue weighted by atomic mass is 10.1. The van der Waals surface area contributed by atoms with Crippen molar-refractivity contribution < 1.29 is 5.11 Å². The van der Waals surface area contributed by atoms with Gasteiger partial charge >= 0.3 is 0 Å². The molecule has 1 aliphatic heterocycles. The van der Waals surface area contributed by atoms with Crippen molar-refractivity contribution in [2.75, 3.05) is 44.7 Å². The van der Waals surface area contributed by atoms with Crippen LogP contribution in [-0.2, 0) is 6.54 Å². The molecule has 150 valence electrons. The van der Waals surface area contributed by atoms with Crippen molar-refractivity contribution in [3.05, 3.63) is 35.7 Å². The Hall–Kier alpha value is -2.22. The third-order valence-corrected chi connectivity index (χ3v) is 5.20. The molecule has 0 unspecified atom stereocenters. The number of hydrogen-bond acceptors (Lipinski definition) is 6. The average Bonchev–Trinajstić information content (AvgIpc) is 3.01. The summed E-state index contributed by atoms with van der Waals surface area (Å²) in [5.41, 5.74) is 3.82. The number of imidazole rings is 1. The second-order valence-electron chi connectivity index (χ2n) is 7.18. The predicted molar refractivity (Wildman–Crippen MR) is 114 cm³/mol. The minimum Gasteiger partial charge on any atom is -0.395 e. The van der Waals surface area contributed by atoms with Crippen LogP contribution in [0.5, 0.6) is 0 Å². The van der Waals surface area contributed by atoms with Gasteiger partial charge in [-0.05, 0) is 26.5 Å². The number of benzene rings is 1. The molecule has 7 nitrogen and oxygen atoms in total. The van der Waals surface area contributed by atoms with Crippen molar-refractivity contribution in [1.29, 1.82) is 0 Å². The summed E-state index contributed by atoms with van der Waals surface area (Å²) in [6, 6.07) is 8.19. The van der Waals surface area contributed by atoms with Gasteiger partial charge in [0.15, 0.2) is 17.0 Å². The number of piperazine rings is 1. The number of aromatic nitrogens is 4. The van der Waals surface area contributed by atoms with Crippen LogP contribution < -0.4 is 4.90 Å². The fourth-order valence-corrected chi connectivity index (χ4v) is 3.67. The van der Waals surface area contributed by atoms with Crippen LogP contribution in [0, 0.1) is 13.8 Å². The summed E-state index contributed by atoms with van der Waals surface area (Å²) in [5, 5.41) is 9.65. The van der Waals surface area contributed by atoms with E-state index in [-0.39, 0.29) is 19.0 Å². The molecular formula is C20H27ClN6O. The van der Waals surface area contributed by atoms with E-state index in [0.29, 0.717) is 6.54 Å². The van der Waals surface area contributed by atoms with E-state index < -0.39 is 0 Å². The number of nitrogens with zero attached hydrogens (tertiary/aromatic N) is 6. The SMILES string of the molecule is Cc1nc(N2CCN(C)CC2)c2nc(-c3ccccc3C)n(CCO)c2n1.Cl. The second kappa shape index (κ2) is 8.43. The first-order chi connectivity index (χ1) is 13.1. The Labute approximate surface area is 171 Å². The number of halogens is 1. The van der Waals surface area contributed by atoms with E-state index >= 15 is 0 Å². The summed E-state index contributed by atoms with van der Waals surface area (Å²) in [6.45, 7) is 8.36. The van der Waals surface area contributed by atoms with Gasteiger partial charge in [0.2, 0.25) is 0 Å². The van der Waals surface area contributed by atoms with E-state index in [2.05, 4.69) is 40.9 Å². The van der Waals surface area contributed by atoms with Gasteiger partial charge in [0.1, 0.15) is 11.6 Å². The molecule has 1 saturated heterocycles. The van der Waals surface area contributed by atoms with E-state index in [0.717, 1.165) is 65.9 Å². The molecule has 28 heavy (non-hydrogen) atoms. The first-order valence-electron chi connectivity index (χ1n) is 9.43. The van der Waals surface area contributed by atoms with Crippen LogP contribution in [0.1, 0.15) is 11.4 Å². The second-order valence-corrected chi connectivity index (χ2v) is 7.18. The average molecular weight is 403 g/mol. The molecule has 3 aromatic rings. The number of anilines is 1. The van der Waals surface area contributed by atoms with Gasteiger partial charge in [-0.3, -0.25) is 0 Å². The summed E-state index contributed by atoms with van der Waals surface area (Å²) in [4.78, 5) is 19.0. The van der Waals surface area contributed by atoms with Gasteiger partial charge in [-0.25, -0.2) is 15.0 Å². The molecule has 8 heteroatoms. The Morgan fingerprint density at radius 1 is 1.00 bits per heavy atom. The number of aryl methyl sites for hydroxylation is 2. The zero-order valence-electron chi connectivity index (χ0n) is 16.6. The third-order valence-electron chi connectivity index (χ3n) is 5.20. The Bertz CT molecular complexity index is 965. The molecule has 4 rings (SSSR count). The summed E-state index contributed by atoms with van der Waals surface area (Å²) >= 11 is 0. The number of rotatable bonds is 4. The monoisotopic (exact) mass is 402 g/mol. The lowest BCUT2D eigenvalue weighted by Crippen LogP contribution is -2.45. The number of aliphatic hydroxyl groups is 1. The molecular weight excluding hydrogens is 376 g/mol. The molecule has 2 aromatic heterocycles. The largest absolute Gasteiger partial charge is 0.395 e. The standard InChI is InChI=1S/C20H26N6O.ClH/c1-14-6-4-5-7-16(14)18-23-17-19(25-10-8-24(3)9-11-25)21-15(2)22-20(17)26(18)12-13-27;/h4-7,27H,8-13H2,1-3H3;1H. The van der Waals surface area contributed by atoms with Crippen molar-refractivity contribution in [3.8, 4) is 11.4 Å². The summed E-state index contributed by atoms with van der Waals surface area (Å²) < 4.78 is 2.02. The van der Waals surface area contributed by atoms with Crippen LogP contribution in [0.25, 0.3) is 22.6 Å². The Kier molecular flexibility index (Phi) is 6.17. The molecule has 0 radical (unpaired) electrons. The normalized spacial score (nSPS) is 15.1. The fourth-order valence-electron chi connectivity index (χ4n) is 3.67. The molecule has 0 amide bonds. The maximum Gasteiger partial charge on any atom is 0.166 e. The van der Waals surface area contributed by atoms with Gasteiger partial charge < -0.3 is 19.5 Å². The quantitative estimate of drug-likeness (QED) is 0.722. The summed E-state index contributed by atoms with van der Waals surface area (Å²) in [7, 11) is 2.14. The highest BCUT2D eigenvalue weighted by Gasteiger charge is 2.23. The molecule has 3 heterocycles. The highest BCUT2D eigenvalue weighted by molar-refractivity contribution is 5.87. The van der Waals surface area contributed by atoms with Crippen LogP contribution in [-0.4, -0.2) is 69.4 Å². The zero-order valence-corrected chi connectivity index (χ0v) is 17.4. The minimum absolute atomic E-state index is 0. The lowest BCUT2D eigenvalue weighted by Gasteiger charge is -2.33. The first-order valence-corrected chi connectivity index (χ1v) is 9.43. The van der Waals surface area contributed by atoms with Crippen LogP contribution in [0.2, 0.25) is 0 Å². The molecule has 0 spiro atoms. The van der Waals surface area contributed by atoms with Crippen LogP contribution in [0.4, 0.5) is 5.82 Å². The Morgan fingerprint density at radius 3 is 2.39 bits per heavy atom. The van der Waals surface area contributed by atoms with Crippen LogP contribution in [0.15, 0.2) is 24.3 Å². The molecule has 0 bridgehead atoms. The van der Waals surface area contributed by atoms with Gasteiger partial charge in [0, 0.05) is 38.3 Å². The van der Waals surface area contributed by atoms with Crippen molar-refractivity contribution in [1.82, 2.24) is 24.4 Å². The predicted octanol–water partition coefficient (Wildman–Crippen LogP) is 2.28. The fraction of sp³-hybridized carbons (Fsp3) is 0.450. The van der Waals surface area contributed by atoms with Gasteiger partial charge in [-0.2, -0.15) is 0 Å². The number of hydrogen-bond donors (Lipinski definition) is 1. The highest BCUT2D eigenvalue weighted by atomic mass is 35.5. The smallest absolute Gasteiger partial charge is 0.166 e. The topological polar surface area (TPSA) is 70.3 Å². The molecule has 1 aromatic carbocycles. The minimum atomic E-state index is 0. The molecule has 0 aliphatic carbocycles. The number of likely N-dealkylation sites (N-methyl/N-ethyl adjacent to an activating group) is 1. The number of fused-ring (bicyclic) bond motifs is 1. The Morgan fingerprint density at radius 2 is 1.71 bits per heavy atom. The van der Waals surface area contributed by atoms with Crippen molar-refractivity contribution in [3.63, 3.8) is 0 Å². The lowest BCUT2D eigenvalue weighted by molar-refractivity contribution is 0.278. The summed E-state index contributed by atoms with van der Waals surface area (Å²) in [6.07, 6.45) is 0. The summed E-state index contributed by atoms with van der Waals surface area (Å²) in [5.74, 6) is 2.47. The molecule has 1 N–H and O–H groups in total. The molecule has 0 atom stereocenters. The van der Waals surface area contributed by atoms with E-state index in [9.17, 15) is 5.11 Å². The zero-order chi connectivity index (χ0) is 19.0. The Balaban J connectivity index is 0.00000225. The maximum atomic E-state index is 9.65. The van der Waals surface area contributed by atoms with Crippen LogP contribution in [0.3, 0.4) is 0 Å². The maximum absolute atomic E-state index is 9.65. The van der Waals surface area contributed by atoms with Crippen molar-refractivity contribution >= 4 is 29.4 Å². The van der Waals surface area contributed by atoms with Gasteiger partial charge in [-0.15, -0.1) is 12.4 Å². The van der Waals surface area contributed by atoms with E-state index in [1.165, 1.54) is 0 Å². The van der Waals surface area contributed by atoms with Gasteiger partial charge in [0.25, 0.3) is 0 Å². The van der Waals surface area contributed by atoms with Crippen molar-refractivity contribution in [2.45, 2.75) is 20.4 Å². The first kappa shape index (κ1) is 20.5. The van der Waals surface area contributed by atoms with E-state index in [4.69, 9.17) is 9.97 Å². The molecule has 1 aliphatic rings. The van der Waals surface area contributed by atoms with Gasteiger partial charge in [-0.1, -0.05) is 24.3 Å². The van der Waals surface area contributed by atoms with Crippen LogP contribution >= 0.6 is 12.4 Å².